The van der Waals surface area contributed by atoms with E-state index in [1.807, 2.05) is 62.4 Å². The van der Waals surface area contributed by atoms with Crippen LogP contribution in [0, 0.1) is 13.8 Å². The number of anilines is 2. The lowest BCUT2D eigenvalue weighted by atomic mass is 10.0. The highest BCUT2D eigenvalue weighted by Crippen LogP contribution is 2.32. The summed E-state index contributed by atoms with van der Waals surface area (Å²) in [7, 11) is 0. The quantitative estimate of drug-likeness (QED) is 0.301. The van der Waals surface area contributed by atoms with Gasteiger partial charge < -0.3 is 21.5 Å². The molecule has 2 aliphatic rings. The molecule has 10 nitrogen and oxygen atoms in total. The monoisotopic (exact) mass is 509 g/mol. The largest absolute Gasteiger partial charge is 0.398 e. The number of aromatic nitrogens is 2. The number of guanidine groups is 1. The number of amidine groups is 1. The van der Waals surface area contributed by atoms with Gasteiger partial charge in [-0.05, 0) is 74.7 Å². The number of fused-ring (bicyclic) bond motifs is 2. The van der Waals surface area contributed by atoms with Gasteiger partial charge in [0.25, 0.3) is 0 Å². The molecule has 0 saturated carbocycles. The summed E-state index contributed by atoms with van der Waals surface area (Å²) >= 11 is 0. The molecule has 0 bridgehead atoms. The topological polar surface area (TPSA) is 155 Å². The number of aliphatic imine (C=N–C) groups is 2. The standard InChI is InChI=1S/C28H31N9O/c1-15-11-22(29)20-13-17(3-5-24(20)32-15)26-34-27(37(31)28(35-26)36-9-7-19(38)8-10-36)18-4-6-25-21(14-18)23(30)12-16(2)33-25/h3-6,11-14,19,27,38H,7-10,31H2,1-2H3,(H2,29,32)(H2,30,33). The number of rotatable bonds is 2. The van der Waals surface area contributed by atoms with Gasteiger partial charge in [-0.3, -0.25) is 15.0 Å². The SMILES string of the molecule is Cc1cc(N)c2cc(C3=NC(c4ccc5nc(C)cc(N)c5c4)N(N)C(N4CCC(O)CC4)=N3)ccc2n1. The van der Waals surface area contributed by atoms with E-state index in [0.29, 0.717) is 49.1 Å². The minimum Gasteiger partial charge on any atom is -0.398 e. The van der Waals surface area contributed by atoms with E-state index in [1.165, 1.54) is 0 Å². The first kappa shape index (κ1) is 24.1. The molecule has 1 fully saturated rings. The molecule has 2 aliphatic heterocycles. The van der Waals surface area contributed by atoms with E-state index in [1.54, 1.807) is 5.01 Å². The number of nitrogens with two attached hydrogens (primary N) is 3. The lowest BCUT2D eigenvalue weighted by molar-refractivity contribution is 0.101. The van der Waals surface area contributed by atoms with Crippen LogP contribution in [0.25, 0.3) is 21.8 Å². The van der Waals surface area contributed by atoms with Crippen molar-refractivity contribution < 1.29 is 5.11 Å². The lowest BCUT2D eigenvalue weighted by Gasteiger charge is -2.39. The Kier molecular flexibility index (Phi) is 5.85. The molecule has 10 heteroatoms. The molecule has 2 aromatic heterocycles. The van der Waals surface area contributed by atoms with Crippen LogP contribution in [-0.2, 0) is 0 Å². The number of benzene rings is 2. The van der Waals surface area contributed by atoms with Crippen molar-refractivity contribution in [2.24, 2.45) is 15.8 Å². The third-order valence-electron chi connectivity index (χ3n) is 7.21. The molecule has 4 heterocycles. The molecule has 1 saturated heterocycles. The van der Waals surface area contributed by atoms with Crippen molar-refractivity contribution in [1.29, 1.82) is 0 Å². The predicted octanol–water partition coefficient (Wildman–Crippen LogP) is 3.01. The maximum Gasteiger partial charge on any atom is 0.220 e. The molecule has 6 rings (SSSR count). The van der Waals surface area contributed by atoms with E-state index < -0.39 is 6.17 Å². The number of nitrogens with zero attached hydrogens (tertiary/aromatic N) is 6. The zero-order chi connectivity index (χ0) is 26.6. The Labute approximate surface area is 220 Å². The molecule has 0 radical (unpaired) electrons. The van der Waals surface area contributed by atoms with Gasteiger partial charge in [0.05, 0.1) is 17.1 Å². The van der Waals surface area contributed by atoms with E-state index in [9.17, 15) is 5.11 Å². The molecule has 4 aromatic rings. The van der Waals surface area contributed by atoms with Gasteiger partial charge in [0.1, 0.15) is 0 Å². The van der Waals surface area contributed by atoms with Crippen LogP contribution >= 0.6 is 0 Å². The lowest BCUT2D eigenvalue weighted by Crippen LogP contribution is -2.54. The molecule has 0 amide bonds. The average Bonchev–Trinajstić information content (AvgIpc) is 2.89. The Bertz CT molecular complexity index is 1620. The zero-order valence-corrected chi connectivity index (χ0v) is 21.5. The molecule has 2 aromatic carbocycles. The Morgan fingerprint density at radius 2 is 1.45 bits per heavy atom. The van der Waals surface area contributed by atoms with Gasteiger partial charge in [-0.25, -0.2) is 10.8 Å². The van der Waals surface area contributed by atoms with Gasteiger partial charge in [0.2, 0.25) is 5.96 Å². The van der Waals surface area contributed by atoms with Crippen LogP contribution in [0.4, 0.5) is 11.4 Å². The number of hydrogen-bond acceptors (Lipinski definition) is 10. The molecule has 194 valence electrons. The van der Waals surface area contributed by atoms with Crippen molar-refractivity contribution in [3.8, 4) is 0 Å². The van der Waals surface area contributed by atoms with Crippen molar-refractivity contribution >= 4 is 45.0 Å². The molecule has 1 unspecified atom stereocenters. The van der Waals surface area contributed by atoms with Gasteiger partial charge in [0, 0.05) is 52.2 Å². The van der Waals surface area contributed by atoms with E-state index in [4.69, 9.17) is 27.3 Å². The molecular formula is C28H31N9O. The van der Waals surface area contributed by atoms with Crippen molar-refractivity contribution in [3.05, 3.63) is 71.0 Å². The summed E-state index contributed by atoms with van der Waals surface area (Å²) in [6, 6.07) is 15.5. The fraction of sp³-hybridized carbons (Fsp3) is 0.286. The Morgan fingerprint density at radius 3 is 2.11 bits per heavy atom. The van der Waals surface area contributed by atoms with Gasteiger partial charge in [-0.2, -0.15) is 4.99 Å². The first-order chi connectivity index (χ1) is 18.3. The summed E-state index contributed by atoms with van der Waals surface area (Å²) in [6.07, 6.45) is 0.445. The van der Waals surface area contributed by atoms with Crippen LogP contribution in [0.2, 0.25) is 0 Å². The Morgan fingerprint density at radius 1 is 0.842 bits per heavy atom. The Hall–Kier alpha value is -4.28. The number of aryl methyl sites for hydroxylation is 2. The molecular weight excluding hydrogens is 478 g/mol. The zero-order valence-electron chi connectivity index (χ0n) is 21.5. The van der Waals surface area contributed by atoms with Gasteiger partial charge in [0.15, 0.2) is 12.0 Å². The average molecular weight is 510 g/mol. The molecule has 0 spiro atoms. The highest BCUT2D eigenvalue weighted by molar-refractivity contribution is 6.09. The van der Waals surface area contributed by atoms with Gasteiger partial charge >= 0.3 is 0 Å². The molecule has 7 N–H and O–H groups in total. The van der Waals surface area contributed by atoms with Gasteiger partial charge in [-0.1, -0.05) is 6.07 Å². The summed E-state index contributed by atoms with van der Waals surface area (Å²) in [6.45, 7) is 5.15. The third kappa shape index (κ3) is 4.27. The highest BCUT2D eigenvalue weighted by atomic mass is 16.3. The number of pyridine rings is 2. The fourth-order valence-corrected chi connectivity index (χ4v) is 5.24. The predicted molar refractivity (Wildman–Crippen MR) is 151 cm³/mol. The number of aliphatic hydroxyl groups excluding tert-OH is 1. The number of hydrogen-bond donors (Lipinski definition) is 4. The minimum atomic E-state index is -0.543. The number of piperidine rings is 1. The van der Waals surface area contributed by atoms with E-state index in [-0.39, 0.29) is 6.10 Å². The van der Waals surface area contributed by atoms with Crippen LogP contribution in [0.5, 0.6) is 0 Å². The summed E-state index contributed by atoms with van der Waals surface area (Å²) in [5, 5.41) is 13.4. The summed E-state index contributed by atoms with van der Waals surface area (Å²) in [4.78, 5) is 21.2. The van der Waals surface area contributed by atoms with Crippen molar-refractivity contribution in [2.75, 3.05) is 24.6 Å². The second-order valence-electron chi connectivity index (χ2n) is 10.1. The first-order valence-electron chi connectivity index (χ1n) is 12.7. The van der Waals surface area contributed by atoms with Crippen LogP contribution in [-0.4, -0.2) is 56.0 Å². The first-order valence-corrected chi connectivity index (χ1v) is 12.7. The second kappa shape index (κ2) is 9.23. The van der Waals surface area contributed by atoms with E-state index >= 15 is 0 Å². The second-order valence-corrected chi connectivity index (χ2v) is 10.1. The summed E-state index contributed by atoms with van der Waals surface area (Å²) < 4.78 is 0. The fourth-order valence-electron chi connectivity index (χ4n) is 5.24. The molecule has 38 heavy (non-hydrogen) atoms. The van der Waals surface area contributed by atoms with Crippen molar-refractivity contribution in [3.63, 3.8) is 0 Å². The van der Waals surface area contributed by atoms with E-state index in [0.717, 1.165) is 44.3 Å². The van der Waals surface area contributed by atoms with E-state index in [2.05, 4.69) is 14.9 Å². The maximum atomic E-state index is 10.1. The Balaban J connectivity index is 1.48. The van der Waals surface area contributed by atoms with Gasteiger partial charge in [-0.15, -0.1) is 0 Å². The number of aliphatic hydroxyl groups is 1. The summed E-state index contributed by atoms with van der Waals surface area (Å²) in [5.74, 6) is 7.87. The summed E-state index contributed by atoms with van der Waals surface area (Å²) in [5.41, 5.74) is 19.1. The maximum absolute atomic E-state index is 10.1. The smallest absolute Gasteiger partial charge is 0.220 e. The third-order valence-corrected chi connectivity index (χ3v) is 7.21. The van der Waals surface area contributed by atoms with Crippen LogP contribution in [0.1, 0.15) is 41.5 Å². The van der Waals surface area contributed by atoms with Crippen molar-refractivity contribution in [2.45, 2.75) is 39.0 Å². The number of hydrazine groups is 1. The number of nitrogen functional groups attached to an aromatic ring is 2. The van der Waals surface area contributed by atoms with Crippen LogP contribution < -0.4 is 17.3 Å². The number of likely N-dealkylation sites (tertiary alicyclic amines) is 1. The van der Waals surface area contributed by atoms with Crippen molar-refractivity contribution in [1.82, 2.24) is 19.9 Å². The molecule has 0 aliphatic carbocycles. The normalized spacial score (nSPS) is 18.7. The highest BCUT2D eigenvalue weighted by Gasteiger charge is 2.32. The van der Waals surface area contributed by atoms with Crippen LogP contribution in [0.3, 0.4) is 0 Å². The molecule has 1 atom stereocenters. The minimum absolute atomic E-state index is 0.315. The van der Waals surface area contributed by atoms with Crippen LogP contribution in [0.15, 0.2) is 58.5 Å².